The predicted octanol–water partition coefficient (Wildman–Crippen LogP) is 3.35. The number of nitrogens with zero attached hydrogens (tertiary/aromatic N) is 3. The smallest absolute Gasteiger partial charge is 0.160 e. The maximum Gasteiger partial charge on any atom is 0.160 e. The fraction of sp³-hybridized carbons (Fsp3) is 0.600. The van der Waals surface area contributed by atoms with Gasteiger partial charge < -0.3 is 9.30 Å². The van der Waals surface area contributed by atoms with Gasteiger partial charge in [0, 0.05) is 12.8 Å². The highest BCUT2D eigenvalue weighted by Crippen LogP contribution is 2.41. The fourth-order valence-corrected chi connectivity index (χ4v) is 4.51. The topological polar surface area (TPSA) is 39.9 Å². The summed E-state index contributed by atoms with van der Waals surface area (Å²) in [4.78, 5) is 9.48. The molecule has 0 bridgehead atoms. The molecular weight excluding hydrogens is 270 g/mol. The summed E-state index contributed by atoms with van der Waals surface area (Å²) in [5.41, 5.74) is 2.06. The van der Waals surface area contributed by atoms with Crippen molar-refractivity contribution in [3.63, 3.8) is 0 Å². The van der Waals surface area contributed by atoms with Crippen molar-refractivity contribution < 1.29 is 4.74 Å². The number of thioether (sulfide) groups is 1. The molecule has 2 saturated heterocycles. The second kappa shape index (κ2) is 5.37. The fourth-order valence-electron chi connectivity index (χ4n) is 3.24. The number of aromatic nitrogens is 3. The average molecular weight is 289 g/mol. The Bertz CT molecular complexity index is 600. The van der Waals surface area contributed by atoms with E-state index in [1.165, 1.54) is 30.8 Å². The monoisotopic (exact) mass is 289 g/mol. The van der Waals surface area contributed by atoms with Gasteiger partial charge in [0.1, 0.15) is 11.3 Å². The van der Waals surface area contributed by atoms with E-state index in [0.717, 1.165) is 30.8 Å². The standard InChI is InChI=1S/C15H19N3OS/c1-5-12-14(16-7-1)18(11-4-2-8-19-10-11)15(17-12)13-6-3-9-20-13/h1,5,7,11,13H,2-4,6,8-10H2. The van der Waals surface area contributed by atoms with Gasteiger partial charge in [0.2, 0.25) is 0 Å². The van der Waals surface area contributed by atoms with Gasteiger partial charge in [-0.1, -0.05) is 0 Å². The highest BCUT2D eigenvalue weighted by molar-refractivity contribution is 7.99. The van der Waals surface area contributed by atoms with Crippen LogP contribution in [0.5, 0.6) is 0 Å². The van der Waals surface area contributed by atoms with Crippen molar-refractivity contribution in [1.82, 2.24) is 14.5 Å². The van der Waals surface area contributed by atoms with Crippen molar-refractivity contribution in [1.29, 1.82) is 0 Å². The average Bonchev–Trinajstić information content (AvgIpc) is 3.15. The van der Waals surface area contributed by atoms with Crippen LogP contribution in [0.15, 0.2) is 18.3 Å². The number of ether oxygens (including phenoxy) is 1. The Balaban J connectivity index is 1.83. The van der Waals surface area contributed by atoms with Crippen LogP contribution in [0, 0.1) is 0 Å². The van der Waals surface area contributed by atoms with E-state index >= 15 is 0 Å². The molecule has 2 atom stereocenters. The van der Waals surface area contributed by atoms with Crippen LogP contribution in [0.4, 0.5) is 0 Å². The normalized spacial score (nSPS) is 27.2. The Labute approximate surface area is 122 Å². The van der Waals surface area contributed by atoms with Gasteiger partial charge in [0.25, 0.3) is 0 Å². The highest BCUT2D eigenvalue weighted by Gasteiger charge is 2.28. The molecule has 0 spiro atoms. The molecule has 2 aliphatic heterocycles. The molecule has 0 radical (unpaired) electrons. The molecule has 20 heavy (non-hydrogen) atoms. The van der Waals surface area contributed by atoms with E-state index in [0.29, 0.717) is 11.3 Å². The van der Waals surface area contributed by atoms with Crippen LogP contribution in [0.3, 0.4) is 0 Å². The number of rotatable bonds is 2. The molecule has 2 fully saturated rings. The van der Waals surface area contributed by atoms with Crippen LogP contribution in [0.25, 0.3) is 11.2 Å². The van der Waals surface area contributed by atoms with E-state index < -0.39 is 0 Å². The summed E-state index contributed by atoms with van der Waals surface area (Å²) >= 11 is 2.04. The maximum absolute atomic E-state index is 5.69. The zero-order valence-electron chi connectivity index (χ0n) is 11.5. The minimum Gasteiger partial charge on any atom is -0.379 e. The Morgan fingerprint density at radius 1 is 1.30 bits per heavy atom. The predicted molar refractivity (Wildman–Crippen MR) is 81.1 cm³/mol. The summed E-state index contributed by atoms with van der Waals surface area (Å²) in [7, 11) is 0. The van der Waals surface area contributed by atoms with Crippen LogP contribution in [0.1, 0.15) is 42.8 Å². The Morgan fingerprint density at radius 3 is 3.10 bits per heavy atom. The maximum atomic E-state index is 5.69. The molecule has 4 rings (SSSR count). The first-order valence-corrected chi connectivity index (χ1v) is 8.50. The van der Waals surface area contributed by atoms with Gasteiger partial charge >= 0.3 is 0 Å². The molecule has 2 aromatic rings. The van der Waals surface area contributed by atoms with Gasteiger partial charge in [-0.2, -0.15) is 11.8 Å². The van der Waals surface area contributed by atoms with E-state index in [1.54, 1.807) is 0 Å². The molecule has 5 heteroatoms. The zero-order valence-corrected chi connectivity index (χ0v) is 12.3. The molecule has 0 saturated carbocycles. The molecule has 0 aliphatic carbocycles. The van der Waals surface area contributed by atoms with Crippen molar-refractivity contribution in [3.05, 3.63) is 24.2 Å². The first-order chi connectivity index (χ1) is 9.93. The molecule has 106 valence electrons. The molecule has 4 nitrogen and oxygen atoms in total. The largest absolute Gasteiger partial charge is 0.379 e. The molecule has 0 aromatic carbocycles. The van der Waals surface area contributed by atoms with Gasteiger partial charge in [0.05, 0.1) is 17.9 Å². The Hall–Kier alpha value is -1.07. The highest BCUT2D eigenvalue weighted by atomic mass is 32.2. The summed E-state index contributed by atoms with van der Waals surface area (Å²) in [5, 5.41) is 0.533. The number of hydrogen-bond acceptors (Lipinski definition) is 4. The van der Waals surface area contributed by atoms with Gasteiger partial charge in [-0.25, -0.2) is 9.97 Å². The molecule has 2 aliphatic rings. The first kappa shape index (κ1) is 12.7. The Kier molecular flexibility index (Phi) is 3.40. The van der Waals surface area contributed by atoms with Crippen LogP contribution >= 0.6 is 11.8 Å². The third kappa shape index (κ3) is 2.13. The minimum absolute atomic E-state index is 0.403. The van der Waals surface area contributed by atoms with E-state index in [9.17, 15) is 0 Å². The summed E-state index contributed by atoms with van der Waals surface area (Å²) in [6.07, 6.45) is 6.71. The lowest BCUT2D eigenvalue weighted by molar-refractivity contribution is 0.0593. The van der Waals surface area contributed by atoms with Crippen LogP contribution < -0.4 is 0 Å². The number of fused-ring (bicyclic) bond motifs is 1. The summed E-state index contributed by atoms with van der Waals surface area (Å²) in [6.45, 7) is 1.69. The SMILES string of the molecule is c1cnc2c(c1)nc(C1CCCS1)n2C1CCCOC1. The lowest BCUT2D eigenvalue weighted by Gasteiger charge is -2.26. The van der Waals surface area contributed by atoms with Crippen LogP contribution in [0.2, 0.25) is 0 Å². The Morgan fingerprint density at radius 2 is 2.30 bits per heavy atom. The van der Waals surface area contributed by atoms with E-state index in [4.69, 9.17) is 9.72 Å². The number of pyridine rings is 1. The quantitative estimate of drug-likeness (QED) is 0.850. The van der Waals surface area contributed by atoms with Crippen molar-refractivity contribution in [3.8, 4) is 0 Å². The second-order valence-corrected chi connectivity index (χ2v) is 6.87. The first-order valence-electron chi connectivity index (χ1n) is 7.45. The summed E-state index contributed by atoms with van der Waals surface area (Å²) < 4.78 is 8.06. The van der Waals surface area contributed by atoms with Crippen molar-refractivity contribution >= 4 is 22.9 Å². The lowest BCUT2D eigenvalue weighted by atomic mass is 10.1. The number of imidazole rings is 1. The lowest BCUT2D eigenvalue weighted by Crippen LogP contribution is -2.23. The van der Waals surface area contributed by atoms with E-state index in [1.807, 2.05) is 24.0 Å². The number of hydrogen-bond donors (Lipinski definition) is 0. The minimum atomic E-state index is 0.403. The summed E-state index contributed by atoms with van der Waals surface area (Å²) in [6, 6.07) is 4.45. The molecule has 4 heterocycles. The van der Waals surface area contributed by atoms with E-state index in [-0.39, 0.29) is 0 Å². The molecule has 0 N–H and O–H groups in total. The van der Waals surface area contributed by atoms with Crippen LogP contribution in [-0.2, 0) is 4.74 Å². The molecular formula is C15H19N3OS. The third-order valence-corrected chi connectivity index (χ3v) is 5.57. The van der Waals surface area contributed by atoms with Gasteiger partial charge in [0.15, 0.2) is 5.65 Å². The van der Waals surface area contributed by atoms with Gasteiger partial charge in [-0.15, -0.1) is 0 Å². The van der Waals surface area contributed by atoms with Crippen molar-refractivity contribution in [2.45, 2.75) is 37.0 Å². The van der Waals surface area contributed by atoms with Gasteiger partial charge in [-0.3, -0.25) is 0 Å². The zero-order chi connectivity index (χ0) is 13.4. The molecule has 2 aromatic heterocycles. The van der Waals surface area contributed by atoms with Crippen LogP contribution in [-0.4, -0.2) is 33.5 Å². The van der Waals surface area contributed by atoms with Crippen molar-refractivity contribution in [2.75, 3.05) is 19.0 Å². The molecule has 0 amide bonds. The van der Waals surface area contributed by atoms with E-state index in [2.05, 4.69) is 15.6 Å². The third-order valence-electron chi connectivity index (χ3n) is 4.20. The van der Waals surface area contributed by atoms with Gasteiger partial charge in [-0.05, 0) is 43.6 Å². The van der Waals surface area contributed by atoms with Crippen molar-refractivity contribution in [2.24, 2.45) is 0 Å². The summed E-state index contributed by atoms with van der Waals surface area (Å²) in [5.74, 6) is 2.47. The second-order valence-electron chi connectivity index (χ2n) is 5.56. The molecule has 2 unspecified atom stereocenters.